The molecule has 0 bridgehead atoms. The molecule has 0 radical (unpaired) electrons. The maximum Gasteiger partial charge on any atom is 0.274 e. The van der Waals surface area contributed by atoms with Crippen LogP contribution in [0.2, 0.25) is 0 Å². The van der Waals surface area contributed by atoms with Crippen molar-refractivity contribution in [3.8, 4) is 0 Å². The smallest absolute Gasteiger partial charge is 0.274 e. The van der Waals surface area contributed by atoms with Crippen LogP contribution in [-0.4, -0.2) is 17.7 Å². The SMILES string of the molecule is CC(C)NC(=O)C1=NOCc2ccccc21. The van der Waals surface area contributed by atoms with Gasteiger partial charge in [-0.25, -0.2) is 0 Å². The minimum Gasteiger partial charge on any atom is -0.390 e. The fraction of sp³-hybridized carbons (Fsp3) is 0.333. The number of oxime groups is 1. The number of benzene rings is 1. The number of nitrogens with one attached hydrogen (secondary N) is 1. The Balaban J connectivity index is 2.29. The molecule has 0 spiro atoms. The van der Waals surface area contributed by atoms with Crippen molar-refractivity contribution in [3.05, 3.63) is 35.4 Å². The first-order valence-electron chi connectivity index (χ1n) is 5.27. The zero-order chi connectivity index (χ0) is 11.5. The van der Waals surface area contributed by atoms with Crippen LogP contribution in [0.15, 0.2) is 29.4 Å². The van der Waals surface area contributed by atoms with Crippen molar-refractivity contribution in [2.75, 3.05) is 0 Å². The number of fused-ring (bicyclic) bond motifs is 1. The van der Waals surface area contributed by atoms with Gasteiger partial charge in [-0.3, -0.25) is 4.79 Å². The van der Waals surface area contributed by atoms with E-state index < -0.39 is 0 Å². The minimum absolute atomic E-state index is 0.0873. The summed E-state index contributed by atoms with van der Waals surface area (Å²) in [4.78, 5) is 16.9. The van der Waals surface area contributed by atoms with Crippen LogP contribution in [0.1, 0.15) is 25.0 Å². The van der Waals surface area contributed by atoms with Gasteiger partial charge in [0.25, 0.3) is 5.91 Å². The van der Waals surface area contributed by atoms with E-state index in [1.165, 1.54) is 0 Å². The lowest BCUT2D eigenvalue weighted by atomic mass is 10.0. The molecule has 0 saturated carbocycles. The molecular weight excluding hydrogens is 204 g/mol. The van der Waals surface area contributed by atoms with Gasteiger partial charge in [-0.1, -0.05) is 29.4 Å². The maximum atomic E-state index is 11.8. The van der Waals surface area contributed by atoms with Gasteiger partial charge in [0, 0.05) is 17.2 Å². The first kappa shape index (κ1) is 10.7. The molecule has 1 aromatic rings. The highest BCUT2D eigenvalue weighted by atomic mass is 16.6. The van der Waals surface area contributed by atoms with Crippen LogP contribution in [0.25, 0.3) is 0 Å². The first-order chi connectivity index (χ1) is 7.68. The van der Waals surface area contributed by atoms with Crippen molar-refractivity contribution in [2.45, 2.75) is 26.5 Å². The van der Waals surface area contributed by atoms with Crippen molar-refractivity contribution >= 4 is 11.6 Å². The molecule has 1 aliphatic rings. The molecule has 0 unspecified atom stereocenters. The van der Waals surface area contributed by atoms with Gasteiger partial charge < -0.3 is 10.2 Å². The van der Waals surface area contributed by atoms with Crippen LogP contribution in [0.3, 0.4) is 0 Å². The number of amides is 1. The fourth-order valence-electron chi connectivity index (χ4n) is 1.59. The summed E-state index contributed by atoms with van der Waals surface area (Å²) in [6.07, 6.45) is 0. The quantitative estimate of drug-likeness (QED) is 0.816. The molecule has 4 heteroatoms. The number of rotatable bonds is 2. The van der Waals surface area contributed by atoms with Gasteiger partial charge in [-0.05, 0) is 13.8 Å². The Bertz CT molecular complexity index is 438. The average molecular weight is 218 g/mol. The lowest BCUT2D eigenvalue weighted by Gasteiger charge is -2.16. The minimum atomic E-state index is -0.192. The van der Waals surface area contributed by atoms with E-state index >= 15 is 0 Å². The highest BCUT2D eigenvalue weighted by Gasteiger charge is 2.21. The average Bonchev–Trinajstić information content (AvgIpc) is 2.27. The number of hydrogen-bond acceptors (Lipinski definition) is 3. The van der Waals surface area contributed by atoms with Crippen LogP contribution >= 0.6 is 0 Å². The monoisotopic (exact) mass is 218 g/mol. The summed E-state index contributed by atoms with van der Waals surface area (Å²) < 4.78 is 0. The highest BCUT2D eigenvalue weighted by molar-refractivity contribution is 6.45. The number of carbonyl (C=O) groups excluding carboxylic acids is 1. The Kier molecular flexibility index (Phi) is 2.90. The molecule has 2 rings (SSSR count). The molecule has 1 aromatic carbocycles. The second-order valence-electron chi connectivity index (χ2n) is 4.00. The predicted octanol–water partition coefficient (Wildman–Crippen LogP) is 1.45. The van der Waals surface area contributed by atoms with Crippen molar-refractivity contribution in [3.63, 3.8) is 0 Å². The van der Waals surface area contributed by atoms with Crippen LogP contribution in [0, 0.1) is 0 Å². The lowest BCUT2D eigenvalue weighted by Crippen LogP contribution is -2.37. The van der Waals surface area contributed by atoms with Gasteiger partial charge in [-0.15, -0.1) is 0 Å². The number of carbonyl (C=O) groups is 1. The summed E-state index contributed by atoms with van der Waals surface area (Å²) in [5, 5.41) is 6.63. The Morgan fingerprint density at radius 2 is 2.19 bits per heavy atom. The summed E-state index contributed by atoms with van der Waals surface area (Å²) >= 11 is 0. The molecule has 0 atom stereocenters. The molecule has 0 fully saturated rings. The standard InChI is InChI=1S/C12H14N2O2/c1-8(2)13-12(15)11-10-6-4-3-5-9(10)7-16-14-11/h3-6,8H,7H2,1-2H3,(H,13,15). The van der Waals surface area contributed by atoms with Crippen LogP contribution in [-0.2, 0) is 16.2 Å². The van der Waals surface area contributed by atoms with Crippen LogP contribution < -0.4 is 5.32 Å². The van der Waals surface area contributed by atoms with Crippen molar-refractivity contribution < 1.29 is 9.63 Å². The van der Waals surface area contributed by atoms with Gasteiger partial charge in [0.2, 0.25) is 0 Å². The normalized spacial score (nSPS) is 13.8. The predicted molar refractivity (Wildman–Crippen MR) is 61.0 cm³/mol. The Morgan fingerprint density at radius 1 is 1.44 bits per heavy atom. The van der Waals surface area contributed by atoms with E-state index in [0.29, 0.717) is 12.3 Å². The van der Waals surface area contributed by atoms with E-state index in [0.717, 1.165) is 11.1 Å². The van der Waals surface area contributed by atoms with Crippen LogP contribution in [0.4, 0.5) is 0 Å². The summed E-state index contributed by atoms with van der Waals surface area (Å²) in [5.41, 5.74) is 2.20. The zero-order valence-corrected chi connectivity index (χ0v) is 9.36. The molecule has 0 aromatic heterocycles. The molecule has 0 saturated heterocycles. The van der Waals surface area contributed by atoms with E-state index in [-0.39, 0.29) is 11.9 Å². The van der Waals surface area contributed by atoms with Gasteiger partial charge in [0.15, 0.2) is 5.71 Å². The topological polar surface area (TPSA) is 50.7 Å². The second-order valence-corrected chi connectivity index (χ2v) is 4.00. The largest absolute Gasteiger partial charge is 0.390 e. The van der Waals surface area contributed by atoms with E-state index in [2.05, 4.69) is 10.5 Å². The Hall–Kier alpha value is -1.84. The third kappa shape index (κ3) is 2.05. The summed E-state index contributed by atoms with van der Waals surface area (Å²) in [6, 6.07) is 7.72. The first-order valence-corrected chi connectivity index (χ1v) is 5.27. The summed E-state index contributed by atoms with van der Waals surface area (Å²) in [7, 11) is 0. The van der Waals surface area contributed by atoms with Gasteiger partial charge >= 0.3 is 0 Å². The molecule has 16 heavy (non-hydrogen) atoms. The molecule has 1 N–H and O–H groups in total. The molecule has 1 amide bonds. The number of nitrogens with zero attached hydrogens (tertiary/aromatic N) is 1. The van der Waals surface area contributed by atoms with Crippen molar-refractivity contribution in [1.29, 1.82) is 0 Å². The van der Waals surface area contributed by atoms with Crippen molar-refractivity contribution in [1.82, 2.24) is 5.32 Å². The molecule has 84 valence electrons. The molecule has 0 aliphatic carbocycles. The Labute approximate surface area is 94.3 Å². The van der Waals surface area contributed by atoms with Crippen LogP contribution in [0.5, 0.6) is 0 Å². The number of hydrogen-bond donors (Lipinski definition) is 1. The van der Waals surface area contributed by atoms with Gasteiger partial charge in [0.1, 0.15) is 6.61 Å². The van der Waals surface area contributed by atoms with E-state index in [9.17, 15) is 4.79 Å². The van der Waals surface area contributed by atoms with E-state index in [1.807, 2.05) is 38.1 Å². The lowest BCUT2D eigenvalue weighted by molar-refractivity contribution is -0.115. The Morgan fingerprint density at radius 3 is 2.94 bits per heavy atom. The summed E-state index contributed by atoms with van der Waals surface area (Å²) in [5.74, 6) is -0.192. The van der Waals surface area contributed by atoms with E-state index in [4.69, 9.17) is 4.84 Å². The maximum absolute atomic E-state index is 11.8. The molecular formula is C12H14N2O2. The zero-order valence-electron chi connectivity index (χ0n) is 9.36. The molecule has 1 heterocycles. The fourth-order valence-corrected chi connectivity index (χ4v) is 1.59. The third-order valence-corrected chi connectivity index (χ3v) is 2.28. The summed E-state index contributed by atoms with van der Waals surface area (Å²) in [6.45, 7) is 4.25. The van der Waals surface area contributed by atoms with Crippen molar-refractivity contribution in [2.24, 2.45) is 5.16 Å². The second kappa shape index (κ2) is 4.35. The van der Waals surface area contributed by atoms with Gasteiger partial charge in [0.05, 0.1) is 0 Å². The third-order valence-electron chi connectivity index (χ3n) is 2.28. The van der Waals surface area contributed by atoms with E-state index in [1.54, 1.807) is 0 Å². The van der Waals surface area contributed by atoms with Gasteiger partial charge in [-0.2, -0.15) is 0 Å². The molecule has 1 aliphatic heterocycles. The highest BCUT2D eigenvalue weighted by Crippen LogP contribution is 2.16. The molecule has 4 nitrogen and oxygen atoms in total.